The first-order valence-electron chi connectivity index (χ1n) is 2.94. The Labute approximate surface area is 71.4 Å². The van der Waals surface area contributed by atoms with Gasteiger partial charge < -0.3 is 0 Å². The van der Waals surface area contributed by atoms with E-state index in [-0.39, 0.29) is 0 Å². The average Bonchev–Trinajstić information content (AvgIpc) is 1.87. The maximum Gasteiger partial charge on any atom is 0.0529 e. The topological polar surface area (TPSA) is 0 Å². The minimum Gasteiger partial charge on any atom is -0.0770 e. The highest BCUT2D eigenvalue weighted by Crippen LogP contribution is 2.12. The van der Waals surface area contributed by atoms with Gasteiger partial charge in [0.1, 0.15) is 0 Å². The Morgan fingerprint density at radius 2 is 1.44 bits per heavy atom. The van der Waals surface area contributed by atoms with Crippen LogP contribution >= 0.6 is 36.2 Å². The van der Waals surface area contributed by atoms with Gasteiger partial charge in [-0.25, -0.2) is 0 Å². The number of hydrogen-bond acceptors (Lipinski definition) is 3. The smallest absolute Gasteiger partial charge is 0.0529 e. The lowest BCUT2D eigenvalue weighted by atomic mass is 10.6. The second-order valence-electron chi connectivity index (χ2n) is 1.55. The summed E-state index contributed by atoms with van der Waals surface area (Å²) in [5, 5.41) is 0. The Morgan fingerprint density at radius 3 is 1.67 bits per heavy atom. The highest BCUT2D eigenvalue weighted by Gasteiger charge is 1.96. The molecule has 0 aliphatic rings. The van der Waals surface area contributed by atoms with Crippen molar-refractivity contribution in [2.24, 2.45) is 0 Å². The van der Waals surface area contributed by atoms with Crippen molar-refractivity contribution in [3.05, 3.63) is 0 Å². The summed E-state index contributed by atoms with van der Waals surface area (Å²) in [4.78, 5) is 0. The van der Waals surface area contributed by atoms with Crippen LogP contribution in [0.15, 0.2) is 0 Å². The predicted octanol–water partition coefficient (Wildman–Crippen LogP) is 3.19. The van der Waals surface area contributed by atoms with E-state index in [4.69, 9.17) is 24.4 Å². The molecule has 0 saturated heterocycles. The first kappa shape index (κ1) is 9.53. The van der Waals surface area contributed by atoms with Gasteiger partial charge in [-0.3, -0.25) is 0 Å². The van der Waals surface area contributed by atoms with E-state index in [9.17, 15) is 0 Å². The molecule has 0 spiro atoms. The zero-order valence-electron chi connectivity index (χ0n) is 5.64. The molecule has 0 aromatic carbocycles. The van der Waals surface area contributed by atoms with E-state index >= 15 is 0 Å². The number of thiocarbonyl (C=S) groups is 2. The van der Waals surface area contributed by atoms with Crippen LogP contribution in [-0.2, 0) is 0 Å². The molecule has 0 rings (SSSR count). The van der Waals surface area contributed by atoms with Gasteiger partial charge in [-0.15, -0.1) is 0 Å². The van der Waals surface area contributed by atoms with Gasteiger partial charge >= 0.3 is 0 Å². The van der Waals surface area contributed by atoms with Gasteiger partial charge in [0, 0.05) is 0 Å². The van der Waals surface area contributed by atoms with Gasteiger partial charge in [0.25, 0.3) is 0 Å². The number of rotatable bonds is 2. The molecule has 0 atom stereocenters. The molecular weight excluding hydrogens is 168 g/mol. The van der Waals surface area contributed by atoms with Crippen molar-refractivity contribution in [1.82, 2.24) is 0 Å². The molecule has 0 heterocycles. The first-order chi connectivity index (χ1) is 4.20. The maximum absolute atomic E-state index is 4.97. The van der Waals surface area contributed by atoms with Crippen LogP contribution in [0.3, 0.4) is 0 Å². The molecule has 0 radical (unpaired) electrons. The van der Waals surface area contributed by atoms with E-state index in [1.54, 1.807) is 11.8 Å². The fourth-order valence-corrected chi connectivity index (χ4v) is 1.58. The molecule has 0 aliphatic carbocycles. The van der Waals surface area contributed by atoms with Crippen LogP contribution in [0.5, 0.6) is 0 Å². The van der Waals surface area contributed by atoms with E-state index in [0.29, 0.717) is 0 Å². The summed E-state index contributed by atoms with van der Waals surface area (Å²) in [5.41, 5.74) is 0. The minimum absolute atomic E-state index is 0.945. The van der Waals surface area contributed by atoms with Crippen LogP contribution in [0.1, 0.15) is 26.7 Å². The molecule has 0 bridgehead atoms. The van der Waals surface area contributed by atoms with Crippen molar-refractivity contribution in [3.63, 3.8) is 0 Å². The Balaban J connectivity index is 3.47. The van der Waals surface area contributed by atoms with Crippen LogP contribution in [-0.4, -0.2) is 8.39 Å². The van der Waals surface area contributed by atoms with Crippen LogP contribution in [0.2, 0.25) is 0 Å². The van der Waals surface area contributed by atoms with E-state index in [2.05, 4.69) is 0 Å². The molecule has 0 amide bonds. The lowest BCUT2D eigenvalue weighted by Gasteiger charge is -1.97. The van der Waals surface area contributed by atoms with Gasteiger partial charge in [0.2, 0.25) is 0 Å². The molecule has 0 N–H and O–H groups in total. The highest BCUT2D eigenvalue weighted by molar-refractivity contribution is 8.38. The van der Waals surface area contributed by atoms with E-state index in [0.717, 1.165) is 21.2 Å². The third-order valence-electron chi connectivity index (χ3n) is 0.805. The molecule has 0 aliphatic heterocycles. The summed E-state index contributed by atoms with van der Waals surface area (Å²) < 4.78 is 2.00. The summed E-state index contributed by atoms with van der Waals surface area (Å²) in [6.07, 6.45) is 1.89. The Kier molecular flexibility index (Phi) is 5.64. The lowest BCUT2D eigenvalue weighted by molar-refractivity contribution is 1.34. The third kappa shape index (κ3) is 5.00. The zero-order valence-corrected chi connectivity index (χ0v) is 8.09. The Bertz CT molecular complexity index is 103. The van der Waals surface area contributed by atoms with Gasteiger partial charge in [0.05, 0.1) is 8.39 Å². The van der Waals surface area contributed by atoms with Crippen molar-refractivity contribution in [2.75, 3.05) is 0 Å². The monoisotopic (exact) mass is 178 g/mol. The summed E-state index contributed by atoms with van der Waals surface area (Å²) in [6, 6.07) is 0. The Hall–Kier alpha value is 0.530. The molecule has 3 heteroatoms. The van der Waals surface area contributed by atoms with Crippen LogP contribution in [0, 0.1) is 0 Å². The van der Waals surface area contributed by atoms with Crippen molar-refractivity contribution in [2.45, 2.75) is 26.7 Å². The second-order valence-corrected chi connectivity index (χ2v) is 4.25. The van der Waals surface area contributed by atoms with Crippen LogP contribution in [0.4, 0.5) is 0 Å². The zero-order chi connectivity index (χ0) is 7.28. The lowest BCUT2D eigenvalue weighted by Crippen LogP contribution is -1.90. The highest BCUT2D eigenvalue weighted by atomic mass is 32.2. The van der Waals surface area contributed by atoms with Gasteiger partial charge in [-0.1, -0.05) is 50.0 Å². The van der Waals surface area contributed by atoms with Crippen molar-refractivity contribution < 1.29 is 0 Å². The SMILES string of the molecule is CCC(=S)SC(=S)CC. The van der Waals surface area contributed by atoms with E-state index in [1.807, 2.05) is 13.8 Å². The second kappa shape index (κ2) is 5.33. The van der Waals surface area contributed by atoms with E-state index < -0.39 is 0 Å². The summed E-state index contributed by atoms with van der Waals surface area (Å²) in [5.74, 6) is 0. The predicted molar refractivity (Wildman–Crippen MR) is 53.4 cm³/mol. The maximum atomic E-state index is 4.97. The number of hydrogen-bond donors (Lipinski definition) is 0. The van der Waals surface area contributed by atoms with Gasteiger partial charge in [-0.05, 0) is 12.8 Å². The van der Waals surface area contributed by atoms with Gasteiger partial charge in [-0.2, -0.15) is 0 Å². The molecule has 0 saturated carbocycles. The first-order valence-corrected chi connectivity index (χ1v) is 4.57. The summed E-state index contributed by atoms with van der Waals surface area (Å²) in [7, 11) is 0. The van der Waals surface area contributed by atoms with Crippen molar-refractivity contribution in [3.8, 4) is 0 Å². The minimum atomic E-state index is 0.945. The van der Waals surface area contributed by atoms with Crippen LogP contribution in [0.25, 0.3) is 0 Å². The fourth-order valence-electron chi connectivity index (χ4n) is 0.271. The quantitative estimate of drug-likeness (QED) is 0.596. The number of thioether (sulfide) groups is 1. The van der Waals surface area contributed by atoms with Gasteiger partial charge in [0.15, 0.2) is 0 Å². The third-order valence-corrected chi connectivity index (χ3v) is 2.92. The molecule has 0 unspecified atom stereocenters. The normalized spacial score (nSPS) is 9.11. The average molecular weight is 178 g/mol. The van der Waals surface area contributed by atoms with Crippen molar-refractivity contribution >= 4 is 44.6 Å². The molecule has 9 heavy (non-hydrogen) atoms. The molecule has 52 valence electrons. The van der Waals surface area contributed by atoms with E-state index in [1.165, 1.54) is 0 Å². The molecular formula is C6H10S3. The molecule has 0 aromatic heterocycles. The fraction of sp³-hybridized carbons (Fsp3) is 0.667. The molecule has 0 nitrogen and oxygen atoms in total. The molecule has 0 aromatic rings. The standard InChI is InChI=1S/C6H10S3/c1-3-5(7)9-6(8)4-2/h3-4H2,1-2H3. The van der Waals surface area contributed by atoms with Crippen molar-refractivity contribution in [1.29, 1.82) is 0 Å². The summed E-state index contributed by atoms with van der Waals surface area (Å²) in [6.45, 7) is 4.10. The van der Waals surface area contributed by atoms with Crippen LogP contribution < -0.4 is 0 Å². The molecule has 0 fully saturated rings. The summed E-state index contributed by atoms with van der Waals surface area (Å²) >= 11 is 11.5. The largest absolute Gasteiger partial charge is 0.0770 e. The Morgan fingerprint density at radius 1 is 1.11 bits per heavy atom.